The van der Waals surface area contributed by atoms with Crippen molar-refractivity contribution in [2.75, 3.05) is 6.61 Å². The molecule has 0 radical (unpaired) electrons. The molecule has 33 heavy (non-hydrogen) atoms. The summed E-state index contributed by atoms with van der Waals surface area (Å²) in [5.41, 5.74) is 10.2. The summed E-state index contributed by atoms with van der Waals surface area (Å²) in [7, 11) is 0. The topological polar surface area (TPSA) is 145 Å². The zero-order valence-electron chi connectivity index (χ0n) is 19.3. The van der Waals surface area contributed by atoms with Crippen LogP contribution in [-0.2, 0) is 17.6 Å². The third-order valence-corrected chi connectivity index (χ3v) is 5.28. The number of primary amides is 1. The summed E-state index contributed by atoms with van der Waals surface area (Å²) in [5, 5.41) is 23.7. The zero-order valence-corrected chi connectivity index (χ0v) is 19.3. The second-order valence-electron chi connectivity index (χ2n) is 8.02. The molecule has 1 amide bonds. The van der Waals surface area contributed by atoms with Crippen LogP contribution in [0.3, 0.4) is 0 Å². The van der Waals surface area contributed by atoms with Gasteiger partial charge in [-0.1, -0.05) is 19.0 Å². The van der Waals surface area contributed by atoms with Crippen LogP contribution in [0.1, 0.15) is 42.8 Å². The van der Waals surface area contributed by atoms with Crippen LogP contribution in [0.5, 0.6) is 5.75 Å². The first-order chi connectivity index (χ1) is 15.7. The van der Waals surface area contributed by atoms with Crippen LogP contribution in [0.25, 0.3) is 22.8 Å². The monoisotopic (exact) mass is 454 g/mol. The van der Waals surface area contributed by atoms with Gasteiger partial charge in [0.15, 0.2) is 0 Å². The number of rotatable bonds is 10. The highest BCUT2D eigenvalue weighted by Crippen LogP contribution is 2.32. The van der Waals surface area contributed by atoms with E-state index >= 15 is 0 Å². The molecule has 2 atom stereocenters. The summed E-state index contributed by atoms with van der Waals surface area (Å²) in [6, 6.07) is 7.68. The van der Waals surface area contributed by atoms with Crippen LogP contribution in [0.15, 0.2) is 28.8 Å². The van der Waals surface area contributed by atoms with Crippen LogP contribution in [-0.4, -0.2) is 50.1 Å². The summed E-state index contributed by atoms with van der Waals surface area (Å²) >= 11 is 0. The maximum Gasteiger partial charge on any atom is 0.258 e. The van der Waals surface area contributed by atoms with E-state index in [4.69, 9.17) is 15.0 Å². The van der Waals surface area contributed by atoms with Gasteiger partial charge >= 0.3 is 0 Å². The Balaban J connectivity index is 1.81. The Morgan fingerprint density at radius 1 is 1.09 bits per heavy atom. The molecule has 176 valence electrons. The van der Waals surface area contributed by atoms with Gasteiger partial charge in [0.25, 0.3) is 5.89 Å². The van der Waals surface area contributed by atoms with Crippen molar-refractivity contribution in [3.63, 3.8) is 0 Å². The molecule has 3 aromatic rings. The van der Waals surface area contributed by atoms with Gasteiger partial charge in [-0.05, 0) is 62.1 Å². The third kappa shape index (κ3) is 5.94. The van der Waals surface area contributed by atoms with Gasteiger partial charge in [-0.2, -0.15) is 4.98 Å². The molecule has 0 spiro atoms. The van der Waals surface area contributed by atoms with Gasteiger partial charge in [0.05, 0.1) is 6.10 Å². The summed E-state index contributed by atoms with van der Waals surface area (Å²) < 4.78 is 11.4. The lowest BCUT2D eigenvalue weighted by Crippen LogP contribution is -2.33. The molecule has 2 heterocycles. The minimum atomic E-state index is -1.41. The van der Waals surface area contributed by atoms with E-state index in [9.17, 15) is 15.0 Å². The van der Waals surface area contributed by atoms with Crippen LogP contribution < -0.4 is 10.5 Å². The molecule has 0 fully saturated rings. The molecular formula is C24H30N4O5. The van der Waals surface area contributed by atoms with E-state index in [0.717, 1.165) is 40.1 Å². The van der Waals surface area contributed by atoms with Crippen LogP contribution in [0.2, 0.25) is 0 Å². The lowest BCUT2D eigenvalue weighted by Gasteiger charge is -2.18. The van der Waals surface area contributed by atoms with E-state index < -0.39 is 18.1 Å². The lowest BCUT2D eigenvalue weighted by molar-refractivity contribution is -0.127. The number of nitrogens with two attached hydrogens (primary N) is 1. The molecule has 9 heteroatoms. The molecular weight excluding hydrogens is 424 g/mol. The zero-order chi connectivity index (χ0) is 24.1. The molecule has 0 aliphatic rings. The number of aliphatic hydroxyl groups excluding tert-OH is 2. The second kappa shape index (κ2) is 10.5. The second-order valence-corrected chi connectivity index (χ2v) is 8.02. The van der Waals surface area contributed by atoms with Gasteiger partial charge in [-0.25, -0.2) is 0 Å². The molecule has 4 N–H and O–H groups in total. The fraction of sp³-hybridized carbons (Fsp3) is 0.417. The molecule has 1 aromatic carbocycles. The fourth-order valence-corrected chi connectivity index (χ4v) is 3.57. The quantitative estimate of drug-likeness (QED) is 0.424. The first-order valence-electron chi connectivity index (χ1n) is 11.0. The van der Waals surface area contributed by atoms with Gasteiger partial charge in [-0.3, -0.25) is 9.78 Å². The number of hydrogen-bond donors (Lipinski definition) is 3. The van der Waals surface area contributed by atoms with Crippen molar-refractivity contribution in [3.05, 3.63) is 46.8 Å². The lowest BCUT2D eigenvalue weighted by atomic mass is 10.0. The van der Waals surface area contributed by atoms with E-state index in [-0.39, 0.29) is 13.0 Å². The first kappa shape index (κ1) is 24.3. The molecule has 0 aliphatic carbocycles. The summed E-state index contributed by atoms with van der Waals surface area (Å²) in [6.45, 7) is 7.78. The molecule has 9 nitrogen and oxygen atoms in total. The maximum absolute atomic E-state index is 11.0. The highest BCUT2D eigenvalue weighted by molar-refractivity contribution is 5.78. The van der Waals surface area contributed by atoms with E-state index in [1.54, 1.807) is 0 Å². The molecule has 2 aromatic heterocycles. The Kier molecular flexibility index (Phi) is 7.78. The van der Waals surface area contributed by atoms with E-state index in [1.165, 1.54) is 0 Å². The highest BCUT2D eigenvalue weighted by atomic mass is 16.5. The first-order valence-corrected chi connectivity index (χ1v) is 11.0. The molecule has 3 rings (SSSR count). The van der Waals surface area contributed by atoms with Crippen molar-refractivity contribution < 1.29 is 24.3 Å². The highest BCUT2D eigenvalue weighted by Gasteiger charge is 2.19. The van der Waals surface area contributed by atoms with E-state index in [2.05, 4.69) is 15.1 Å². The fourth-order valence-electron chi connectivity index (χ4n) is 3.57. The molecule has 1 unspecified atom stereocenters. The van der Waals surface area contributed by atoms with Crippen molar-refractivity contribution in [3.8, 4) is 28.6 Å². The van der Waals surface area contributed by atoms with Gasteiger partial charge in [-0.15, -0.1) is 0 Å². The number of aromatic nitrogens is 3. The average molecular weight is 455 g/mol. The number of carbonyl (C=O) groups is 1. The minimum absolute atomic E-state index is 0.0800. The van der Waals surface area contributed by atoms with Crippen molar-refractivity contribution in [1.82, 2.24) is 15.1 Å². The average Bonchev–Trinajstić information content (AvgIpc) is 3.27. The van der Waals surface area contributed by atoms with Crippen molar-refractivity contribution in [2.45, 2.75) is 59.2 Å². The predicted molar refractivity (Wildman–Crippen MR) is 123 cm³/mol. The van der Waals surface area contributed by atoms with Crippen LogP contribution in [0.4, 0.5) is 0 Å². The third-order valence-electron chi connectivity index (χ3n) is 5.28. The van der Waals surface area contributed by atoms with Crippen LogP contribution >= 0.6 is 0 Å². The summed E-state index contributed by atoms with van der Waals surface area (Å²) in [6.07, 6.45) is -1.15. The minimum Gasteiger partial charge on any atom is -0.490 e. The van der Waals surface area contributed by atoms with Gasteiger partial charge in [0, 0.05) is 28.9 Å². The standard InChI is InChI=1S/C24H30N4O5/c1-5-15-9-17(7-13(3)21(15)32-12-19(29)11-20(30)22(25)31)24-27-23(28-33-24)16-8-14(4)26-18(6-2)10-16/h7-10,19-20,29-30H,5-6,11-12H2,1-4H3,(H2,25,31)/t19-,20?/m0/s1. The maximum atomic E-state index is 11.0. The molecule has 0 saturated heterocycles. The van der Waals surface area contributed by atoms with E-state index in [1.807, 2.05) is 52.0 Å². The Bertz CT molecular complexity index is 1130. The van der Waals surface area contributed by atoms with Crippen molar-refractivity contribution >= 4 is 5.91 Å². The van der Waals surface area contributed by atoms with E-state index in [0.29, 0.717) is 23.9 Å². The number of carbonyl (C=O) groups excluding carboxylic acids is 1. The number of nitrogens with zero attached hydrogens (tertiary/aromatic N) is 3. The normalized spacial score (nSPS) is 13.0. The van der Waals surface area contributed by atoms with Gasteiger partial charge < -0.3 is 25.2 Å². The SMILES string of the molecule is CCc1cc(-c2noc(-c3cc(C)c(OC[C@@H](O)CC(O)C(N)=O)c(CC)c3)n2)cc(C)n1. The Labute approximate surface area is 192 Å². The van der Waals surface area contributed by atoms with Crippen molar-refractivity contribution in [2.24, 2.45) is 5.73 Å². The smallest absolute Gasteiger partial charge is 0.258 e. The number of aryl methyl sites for hydroxylation is 4. The van der Waals surface area contributed by atoms with Gasteiger partial charge in [0.2, 0.25) is 11.7 Å². The number of pyridine rings is 1. The Hall–Kier alpha value is -3.30. The number of aliphatic hydroxyl groups is 2. The van der Waals surface area contributed by atoms with Crippen molar-refractivity contribution in [1.29, 1.82) is 0 Å². The van der Waals surface area contributed by atoms with Gasteiger partial charge in [0.1, 0.15) is 18.5 Å². The molecule has 0 bridgehead atoms. The molecule has 0 saturated carbocycles. The number of hydrogen-bond acceptors (Lipinski definition) is 8. The Morgan fingerprint density at radius 3 is 2.52 bits per heavy atom. The largest absolute Gasteiger partial charge is 0.490 e. The summed E-state index contributed by atoms with van der Waals surface area (Å²) in [5.74, 6) is 0.644. The summed E-state index contributed by atoms with van der Waals surface area (Å²) in [4.78, 5) is 20.0. The van der Waals surface area contributed by atoms with Crippen LogP contribution in [0, 0.1) is 13.8 Å². The predicted octanol–water partition coefficient (Wildman–Crippen LogP) is 2.52. The Morgan fingerprint density at radius 2 is 1.85 bits per heavy atom. The molecule has 0 aliphatic heterocycles. The number of benzene rings is 1. The number of ether oxygens (including phenoxy) is 1. The number of amides is 1.